The number of sulfonamides is 1. The molecule has 140 valence electrons. The van der Waals surface area contributed by atoms with E-state index in [0.717, 1.165) is 28.0 Å². The van der Waals surface area contributed by atoms with Gasteiger partial charge < -0.3 is 0 Å². The molecule has 0 atom stereocenters. The summed E-state index contributed by atoms with van der Waals surface area (Å²) < 4.78 is 27.3. The van der Waals surface area contributed by atoms with Crippen LogP contribution in [0.5, 0.6) is 0 Å². The summed E-state index contributed by atoms with van der Waals surface area (Å²) in [5.74, 6) is -0.374. The molecule has 1 aromatic heterocycles. The Hall–Kier alpha value is -2.78. The summed E-state index contributed by atoms with van der Waals surface area (Å²) in [5, 5.41) is 10.1. The van der Waals surface area contributed by atoms with Crippen LogP contribution in [0.1, 0.15) is 27.0 Å². The van der Waals surface area contributed by atoms with Crippen molar-refractivity contribution >= 4 is 38.1 Å². The molecular weight excluding hydrogens is 384 g/mol. The second-order valence-electron chi connectivity index (χ2n) is 6.18. The van der Waals surface area contributed by atoms with Crippen LogP contribution in [-0.4, -0.2) is 24.5 Å². The van der Waals surface area contributed by atoms with Crippen molar-refractivity contribution in [3.63, 3.8) is 0 Å². The number of carbonyl (C=O) groups excluding carboxylic acids is 1. The van der Waals surface area contributed by atoms with Gasteiger partial charge in [0.1, 0.15) is 0 Å². The molecule has 0 spiro atoms. The molecule has 0 unspecified atom stereocenters. The second-order valence-corrected chi connectivity index (χ2v) is 9.01. The lowest BCUT2D eigenvalue weighted by atomic mass is 10.1. The maximum atomic E-state index is 12.5. The van der Waals surface area contributed by atoms with Crippen molar-refractivity contribution in [2.24, 2.45) is 0 Å². The smallest absolute Gasteiger partial charge is 0.291 e. The lowest BCUT2D eigenvalue weighted by Crippen LogP contribution is -2.13. The molecule has 0 saturated carbocycles. The summed E-state index contributed by atoms with van der Waals surface area (Å²) in [6, 6.07) is 12.5. The van der Waals surface area contributed by atoms with Gasteiger partial charge in [0.05, 0.1) is 0 Å². The Morgan fingerprint density at radius 2 is 1.67 bits per heavy atom. The predicted octanol–water partition coefficient (Wildman–Crippen LogP) is 3.52. The highest BCUT2D eigenvalue weighted by Gasteiger charge is 2.21. The number of anilines is 2. The van der Waals surface area contributed by atoms with Crippen molar-refractivity contribution in [3.8, 4) is 0 Å². The van der Waals surface area contributed by atoms with Crippen molar-refractivity contribution < 1.29 is 13.2 Å². The van der Waals surface area contributed by atoms with Crippen LogP contribution in [0.2, 0.25) is 0 Å². The third-order valence-corrected chi connectivity index (χ3v) is 6.20. The van der Waals surface area contributed by atoms with E-state index in [1.165, 1.54) is 0 Å². The van der Waals surface area contributed by atoms with Gasteiger partial charge in [-0.05, 0) is 56.2 Å². The highest BCUT2D eigenvalue weighted by molar-refractivity contribution is 7.94. The first-order valence-corrected chi connectivity index (χ1v) is 10.4. The van der Waals surface area contributed by atoms with Crippen molar-refractivity contribution in [3.05, 3.63) is 64.7 Å². The van der Waals surface area contributed by atoms with Gasteiger partial charge in [-0.1, -0.05) is 35.1 Å². The molecule has 0 aliphatic heterocycles. The minimum Gasteiger partial charge on any atom is -0.296 e. The van der Waals surface area contributed by atoms with E-state index in [2.05, 4.69) is 20.2 Å². The number of amides is 1. The van der Waals surface area contributed by atoms with Crippen molar-refractivity contribution in [1.29, 1.82) is 0 Å². The molecule has 3 aromatic rings. The number of hydrogen-bond donors (Lipinski definition) is 2. The zero-order valence-corrected chi connectivity index (χ0v) is 16.6. The van der Waals surface area contributed by atoms with E-state index >= 15 is 0 Å². The van der Waals surface area contributed by atoms with Crippen LogP contribution in [0.15, 0.2) is 46.8 Å². The van der Waals surface area contributed by atoms with Gasteiger partial charge in [-0.15, -0.1) is 10.2 Å². The summed E-state index contributed by atoms with van der Waals surface area (Å²) in [4.78, 5) is 12.3. The zero-order chi connectivity index (χ0) is 19.6. The normalized spacial score (nSPS) is 11.2. The highest BCUT2D eigenvalue weighted by atomic mass is 32.2. The fourth-order valence-electron chi connectivity index (χ4n) is 2.56. The minimum absolute atomic E-state index is 0.113. The quantitative estimate of drug-likeness (QED) is 0.636. The van der Waals surface area contributed by atoms with E-state index < -0.39 is 10.0 Å². The van der Waals surface area contributed by atoms with Crippen molar-refractivity contribution in [2.75, 3.05) is 10.0 Å². The average Bonchev–Trinajstić information content (AvgIpc) is 3.03. The molecule has 1 heterocycles. The highest BCUT2D eigenvalue weighted by Crippen LogP contribution is 2.24. The Kier molecular flexibility index (Phi) is 5.24. The third-order valence-electron chi connectivity index (χ3n) is 3.61. The number of nitrogens with zero attached hydrogens (tertiary/aromatic N) is 2. The van der Waals surface area contributed by atoms with Gasteiger partial charge >= 0.3 is 0 Å². The van der Waals surface area contributed by atoms with E-state index in [-0.39, 0.29) is 15.4 Å². The Bertz CT molecular complexity index is 1090. The molecule has 27 heavy (non-hydrogen) atoms. The molecule has 0 aliphatic carbocycles. The molecule has 2 aromatic carbocycles. The molecule has 0 radical (unpaired) electrons. The zero-order valence-electron chi connectivity index (χ0n) is 15.0. The lowest BCUT2D eigenvalue weighted by Gasteiger charge is -2.07. The Morgan fingerprint density at radius 1 is 0.963 bits per heavy atom. The van der Waals surface area contributed by atoms with Crippen LogP contribution in [0.25, 0.3) is 0 Å². The van der Waals surface area contributed by atoms with E-state index in [1.807, 2.05) is 32.9 Å². The van der Waals surface area contributed by atoms with Crippen LogP contribution in [-0.2, 0) is 10.0 Å². The fourth-order valence-corrected chi connectivity index (χ4v) is 4.49. The average molecular weight is 403 g/mol. The Balaban J connectivity index is 1.77. The standard InChI is InChI=1S/C18H18N4O3S2/c1-11-5-4-6-14(8-11)16(23)19-17-20-21-18(26-17)27(24,25)22-15-9-12(2)7-13(3)10-15/h4-10,22H,1-3H3,(H,19,20,23). The molecule has 3 rings (SSSR count). The summed E-state index contributed by atoms with van der Waals surface area (Å²) >= 11 is 0.790. The maximum absolute atomic E-state index is 12.5. The van der Waals surface area contributed by atoms with Crippen LogP contribution in [0.3, 0.4) is 0 Å². The summed E-state index contributed by atoms with van der Waals surface area (Å²) in [5.41, 5.74) is 3.74. The predicted molar refractivity (Wildman–Crippen MR) is 106 cm³/mol. The number of aromatic nitrogens is 2. The molecule has 0 bridgehead atoms. The van der Waals surface area contributed by atoms with Gasteiger partial charge in [-0.3, -0.25) is 14.8 Å². The number of aryl methyl sites for hydroxylation is 3. The molecule has 9 heteroatoms. The fraction of sp³-hybridized carbons (Fsp3) is 0.167. The summed E-state index contributed by atoms with van der Waals surface area (Å²) in [7, 11) is -3.89. The van der Waals surface area contributed by atoms with Crippen LogP contribution in [0.4, 0.5) is 10.8 Å². The van der Waals surface area contributed by atoms with Crippen LogP contribution < -0.4 is 10.0 Å². The SMILES string of the molecule is Cc1cc(C)cc(NS(=O)(=O)c2nnc(NC(=O)c3cccc(C)c3)s2)c1. The Morgan fingerprint density at radius 3 is 2.33 bits per heavy atom. The van der Waals surface area contributed by atoms with E-state index in [1.54, 1.807) is 30.3 Å². The molecule has 1 amide bonds. The van der Waals surface area contributed by atoms with Gasteiger partial charge in [-0.25, -0.2) is 0 Å². The van der Waals surface area contributed by atoms with Gasteiger partial charge in [0.2, 0.25) is 5.13 Å². The summed E-state index contributed by atoms with van der Waals surface area (Å²) in [6.07, 6.45) is 0. The molecule has 0 saturated heterocycles. The van der Waals surface area contributed by atoms with E-state index in [0.29, 0.717) is 11.3 Å². The number of hydrogen-bond acceptors (Lipinski definition) is 6. The van der Waals surface area contributed by atoms with Crippen LogP contribution in [0, 0.1) is 20.8 Å². The molecule has 0 fully saturated rings. The first kappa shape index (κ1) is 19.0. The van der Waals surface area contributed by atoms with Crippen LogP contribution >= 0.6 is 11.3 Å². The Labute approximate surface area is 161 Å². The van der Waals surface area contributed by atoms with Gasteiger partial charge in [0, 0.05) is 11.3 Å². The minimum atomic E-state index is -3.89. The molecule has 7 nitrogen and oxygen atoms in total. The van der Waals surface area contributed by atoms with Crippen molar-refractivity contribution in [2.45, 2.75) is 25.1 Å². The first-order chi connectivity index (χ1) is 12.7. The monoisotopic (exact) mass is 402 g/mol. The van der Waals surface area contributed by atoms with Crippen molar-refractivity contribution in [1.82, 2.24) is 10.2 Å². The van der Waals surface area contributed by atoms with Gasteiger partial charge in [0.15, 0.2) is 0 Å². The maximum Gasteiger partial charge on any atom is 0.291 e. The second kappa shape index (κ2) is 7.45. The number of benzene rings is 2. The third kappa shape index (κ3) is 4.69. The molecule has 0 aliphatic rings. The van der Waals surface area contributed by atoms with E-state index in [9.17, 15) is 13.2 Å². The number of rotatable bonds is 5. The molecular formula is C18H18N4O3S2. The topological polar surface area (TPSA) is 101 Å². The largest absolute Gasteiger partial charge is 0.296 e. The first-order valence-electron chi connectivity index (χ1n) is 8.05. The molecule has 2 N–H and O–H groups in total. The van der Waals surface area contributed by atoms with E-state index in [4.69, 9.17) is 0 Å². The summed E-state index contributed by atoms with van der Waals surface area (Å²) in [6.45, 7) is 5.65. The number of carbonyl (C=O) groups is 1. The lowest BCUT2D eigenvalue weighted by molar-refractivity contribution is 0.102. The van der Waals surface area contributed by atoms with Gasteiger partial charge in [-0.2, -0.15) is 8.42 Å². The number of nitrogens with one attached hydrogen (secondary N) is 2. The van der Waals surface area contributed by atoms with Gasteiger partial charge in [0.25, 0.3) is 20.3 Å².